The van der Waals surface area contributed by atoms with E-state index in [9.17, 15) is 8.78 Å². The largest absolute Gasteiger partial charge is 0.357 e. The zero-order valence-electron chi connectivity index (χ0n) is 16.1. The summed E-state index contributed by atoms with van der Waals surface area (Å²) in [6.45, 7) is 10.5. The van der Waals surface area contributed by atoms with Gasteiger partial charge in [-0.15, -0.1) is 24.0 Å². The molecule has 2 rings (SSSR count). The number of halogens is 3. The molecule has 150 valence electrons. The van der Waals surface area contributed by atoms with Crippen LogP contribution >= 0.6 is 24.0 Å². The molecule has 0 bridgehead atoms. The molecule has 1 heterocycles. The molecule has 1 aromatic carbocycles. The van der Waals surface area contributed by atoms with Gasteiger partial charge < -0.3 is 15.2 Å². The van der Waals surface area contributed by atoms with E-state index in [1.165, 1.54) is 12.1 Å². The average molecular weight is 493 g/mol. The number of guanidine groups is 1. The first-order chi connectivity index (χ1) is 12.2. The molecule has 0 saturated carbocycles. The highest BCUT2D eigenvalue weighted by Crippen LogP contribution is 2.20. The Morgan fingerprint density at radius 3 is 2.56 bits per heavy atom. The molecular weight excluding hydrogens is 467 g/mol. The van der Waals surface area contributed by atoms with Gasteiger partial charge in [0.25, 0.3) is 0 Å². The standard InChI is InChI=1S/C18H25F2N5O.HI/c1-6-21-17(22-10-15-24-16(26-25-15)18(3,4)5)23-11(2)13-8-7-12(19)9-14(13)20;/h7-9,11H,6,10H2,1-5H3,(H2,21,22,23);1H. The number of aliphatic imine (C=N–C) groups is 1. The van der Waals surface area contributed by atoms with Crippen LogP contribution in [0, 0.1) is 11.6 Å². The maximum absolute atomic E-state index is 13.9. The Balaban J connectivity index is 0.00000364. The van der Waals surface area contributed by atoms with Gasteiger partial charge in [0.2, 0.25) is 5.89 Å². The van der Waals surface area contributed by atoms with E-state index in [4.69, 9.17) is 4.52 Å². The summed E-state index contributed by atoms with van der Waals surface area (Å²) in [5, 5.41) is 10.1. The summed E-state index contributed by atoms with van der Waals surface area (Å²) in [6.07, 6.45) is 0. The zero-order valence-corrected chi connectivity index (χ0v) is 18.5. The van der Waals surface area contributed by atoms with E-state index in [1.807, 2.05) is 27.7 Å². The van der Waals surface area contributed by atoms with Crippen molar-refractivity contribution in [2.24, 2.45) is 4.99 Å². The highest BCUT2D eigenvalue weighted by molar-refractivity contribution is 14.0. The number of aromatic nitrogens is 2. The minimum Gasteiger partial charge on any atom is -0.357 e. The summed E-state index contributed by atoms with van der Waals surface area (Å²) in [5.74, 6) is 0.278. The van der Waals surface area contributed by atoms with E-state index in [2.05, 4.69) is 25.8 Å². The molecule has 0 spiro atoms. The summed E-state index contributed by atoms with van der Waals surface area (Å²) >= 11 is 0. The van der Waals surface area contributed by atoms with E-state index >= 15 is 0 Å². The number of hydrogen-bond acceptors (Lipinski definition) is 4. The van der Waals surface area contributed by atoms with Crippen LogP contribution in [0.4, 0.5) is 8.78 Å². The first-order valence-corrected chi connectivity index (χ1v) is 8.53. The molecule has 2 N–H and O–H groups in total. The maximum atomic E-state index is 13.9. The molecule has 1 unspecified atom stereocenters. The number of benzene rings is 1. The van der Waals surface area contributed by atoms with Crippen LogP contribution in [0.1, 0.15) is 57.9 Å². The van der Waals surface area contributed by atoms with Crippen LogP contribution in [0.2, 0.25) is 0 Å². The second-order valence-corrected chi connectivity index (χ2v) is 6.99. The van der Waals surface area contributed by atoms with Crippen molar-refractivity contribution < 1.29 is 13.3 Å². The van der Waals surface area contributed by atoms with Crippen LogP contribution in [0.15, 0.2) is 27.7 Å². The lowest BCUT2D eigenvalue weighted by molar-refractivity contribution is 0.318. The van der Waals surface area contributed by atoms with Gasteiger partial charge in [-0.2, -0.15) is 4.98 Å². The first-order valence-electron chi connectivity index (χ1n) is 8.53. The van der Waals surface area contributed by atoms with Gasteiger partial charge in [0.1, 0.15) is 18.2 Å². The van der Waals surface area contributed by atoms with Crippen molar-refractivity contribution in [2.75, 3.05) is 6.54 Å². The zero-order chi connectivity index (χ0) is 19.3. The molecule has 9 heteroatoms. The molecule has 2 aromatic rings. The third-order valence-corrected chi connectivity index (χ3v) is 3.61. The van der Waals surface area contributed by atoms with Crippen molar-refractivity contribution in [3.63, 3.8) is 0 Å². The van der Waals surface area contributed by atoms with Crippen LogP contribution < -0.4 is 10.6 Å². The summed E-state index contributed by atoms with van der Waals surface area (Å²) in [4.78, 5) is 8.74. The summed E-state index contributed by atoms with van der Waals surface area (Å²) in [6, 6.07) is 3.11. The SMILES string of the molecule is CCNC(=NCc1noc(C(C)(C)C)n1)NC(C)c1ccc(F)cc1F.I. The van der Waals surface area contributed by atoms with Gasteiger partial charge in [0.05, 0.1) is 6.04 Å². The summed E-state index contributed by atoms with van der Waals surface area (Å²) < 4.78 is 32.2. The summed E-state index contributed by atoms with van der Waals surface area (Å²) in [7, 11) is 0. The fourth-order valence-electron chi connectivity index (χ4n) is 2.23. The van der Waals surface area contributed by atoms with E-state index < -0.39 is 17.7 Å². The minimum atomic E-state index is -0.606. The van der Waals surface area contributed by atoms with Crippen LogP contribution in [0.5, 0.6) is 0 Å². The molecule has 1 atom stereocenters. The topological polar surface area (TPSA) is 75.3 Å². The van der Waals surface area contributed by atoms with Crippen molar-refractivity contribution in [2.45, 2.75) is 52.6 Å². The van der Waals surface area contributed by atoms with Crippen molar-refractivity contribution in [3.05, 3.63) is 47.1 Å². The molecule has 0 aliphatic carbocycles. The number of rotatable bonds is 5. The second-order valence-electron chi connectivity index (χ2n) is 6.99. The smallest absolute Gasteiger partial charge is 0.232 e. The van der Waals surface area contributed by atoms with Gasteiger partial charge in [-0.3, -0.25) is 0 Å². The fraction of sp³-hybridized carbons (Fsp3) is 0.500. The molecule has 0 fully saturated rings. The molecule has 0 amide bonds. The Labute approximate surface area is 175 Å². The summed E-state index contributed by atoms with van der Waals surface area (Å²) in [5.41, 5.74) is 0.123. The Kier molecular flexibility index (Phi) is 8.58. The number of hydrogen-bond donors (Lipinski definition) is 2. The Bertz CT molecular complexity index is 773. The molecule has 6 nitrogen and oxygen atoms in total. The van der Waals surface area contributed by atoms with Crippen LogP contribution in [-0.2, 0) is 12.0 Å². The van der Waals surface area contributed by atoms with Gasteiger partial charge in [-0.25, -0.2) is 13.8 Å². The fourth-order valence-corrected chi connectivity index (χ4v) is 2.23. The second kappa shape index (κ2) is 9.95. The lowest BCUT2D eigenvalue weighted by atomic mass is 9.97. The predicted octanol–water partition coefficient (Wildman–Crippen LogP) is 4.08. The van der Waals surface area contributed by atoms with Gasteiger partial charge >= 0.3 is 0 Å². The van der Waals surface area contributed by atoms with Crippen LogP contribution in [0.3, 0.4) is 0 Å². The third-order valence-electron chi connectivity index (χ3n) is 3.61. The molecular formula is C18H26F2IN5O. The lowest BCUT2D eigenvalue weighted by Crippen LogP contribution is -2.39. The predicted molar refractivity (Wildman–Crippen MR) is 111 cm³/mol. The lowest BCUT2D eigenvalue weighted by Gasteiger charge is -2.18. The molecule has 0 saturated heterocycles. The van der Waals surface area contributed by atoms with Crippen molar-refractivity contribution in [1.29, 1.82) is 0 Å². The van der Waals surface area contributed by atoms with Crippen LogP contribution in [0.25, 0.3) is 0 Å². The molecule has 0 aliphatic rings. The normalized spacial score (nSPS) is 13.1. The van der Waals surface area contributed by atoms with Gasteiger partial charge in [0, 0.05) is 23.6 Å². The third kappa shape index (κ3) is 6.71. The molecule has 0 aliphatic heterocycles. The highest BCUT2D eigenvalue weighted by Gasteiger charge is 2.21. The quantitative estimate of drug-likeness (QED) is 0.373. The molecule has 0 radical (unpaired) electrons. The Morgan fingerprint density at radius 2 is 2.00 bits per heavy atom. The van der Waals surface area contributed by atoms with E-state index in [1.54, 1.807) is 6.92 Å². The Hall–Kier alpha value is -1.78. The minimum absolute atomic E-state index is 0. The number of nitrogens with zero attached hydrogens (tertiary/aromatic N) is 3. The Morgan fingerprint density at radius 1 is 1.30 bits per heavy atom. The maximum Gasteiger partial charge on any atom is 0.232 e. The van der Waals surface area contributed by atoms with E-state index in [0.29, 0.717) is 29.8 Å². The van der Waals surface area contributed by atoms with Crippen molar-refractivity contribution in [1.82, 2.24) is 20.8 Å². The van der Waals surface area contributed by atoms with Crippen LogP contribution in [-0.4, -0.2) is 22.6 Å². The van der Waals surface area contributed by atoms with E-state index in [-0.39, 0.29) is 35.9 Å². The van der Waals surface area contributed by atoms with E-state index in [0.717, 1.165) is 6.07 Å². The molecule has 1 aromatic heterocycles. The van der Waals surface area contributed by atoms with Gasteiger partial charge in [-0.05, 0) is 19.9 Å². The van der Waals surface area contributed by atoms with Gasteiger partial charge in [0.15, 0.2) is 11.8 Å². The molecule has 27 heavy (non-hydrogen) atoms. The average Bonchev–Trinajstić information content (AvgIpc) is 3.02. The highest BCUT2D eigenvalue weighted by atomic mass is 127. The first kappa shape index (κ1) is 23.3. The monoisotopic (exact) mass is 493 g/mol. The van der Waals surface area contributed by atoms with Gasteiger partial charge in [-0.1, -0.05) is 32.0 Å². The van der Waals surface area contributed by atoms with Crippen molar-refractivity contribution in [3.8, 4) is 0 Å². The number of nitrogens with one attached hydrogen (secondary N) is 2. The van der Waals surface area contributed by atoms with Crippen molar-refractivity contribution >= 4 is 29.9 Å².